The molecule has 0 bridgehead atoms. The van der Waals surface area contributed by atoms with E-state index in [4.69, 9.17) is 5.26 Å². The van der Waals surface area contributed by atoms with Gasteiger partial charge in [-0.15, -0.1) is 0 Å². The minimum absolute atomic E-state index is 0.638. The van der Waals surface area contributed by atoms with E-state index in [1.807, 2.05) is 24.1 Å². The van der Waals surface area contributed by atoms with Crippen LogP contribution in [0, 0.1) is 11.3 Å². The number of hydrogen-bond acceptors (Lipinski definition) is 5. The lowest BCUT2D eigenvalue weighted by Gasteiger charge is -2.20. The molecule has 0 saturated heterocycles. The van der Waals surface area contributed by atoms with E-state index in [2.05, 4.69) is 44.2 Å². The van der Waals surface area contributed by atoms with Crippen LogP contribution in [0.4, 0.5) is 17.3 Å². The summed E-state index contributed by atoms with van der Waals surface area (Å²) in [5, 5.41) is 12.1. The Labute approximate surface area is 132 Å². The van der Waals surface area contributed by atoms with Crippen LogP contribution in [-0.4, -0.2) is 23.6 Å². The van der Waals surface area contributed by atoms with E-state index in [-0.39, 0.29) is 0 Å². The number of nitriles is 1. The first-order valence-electron chi connectivity index (χ1n) is 6.65. The fourth-order valence-electron chi connectivity index (χ4n) is 1.84. The van der Waals surface area contributed by atoms with Gasteiger partial charge < -0.3 is 10.2 Å². The Kier molecular flexibility index (Phi) is 5.12. The molecule has 21 heavy (non-hydrogen) atoms. The maximum atomic E-state index is 8.85. The number of hydrogen-bond donors (Lipinski definition) is 1. The minimum Gasteiger partial charge on any atom is -0.369 e. The SMILES string of the molecule is CCCNc1ncnc(N(C)c2ccc(C#N)cc2)c1Br. The van der Waals surface area contributed by atoms with Crippen LogP contribution in [-0.2, 0) is 0 Å². The van der Waals surface area contributed by atoms with Gasteiger partial charge in [0.15, 0.2) is 5.82 Å². The van der Waals surface area contributed by atoms with Gasteiger partial charge in [0.25, 0.3) is 0 Å². The predicted octanol–water partition coefficient (Wildman–Crippen LogP) is 3.70. The molecule has 0 amide bonds. The Morgan fingerprint density at radius 3 is 2.62 bits per heavy atom. The first kappa shape index (κ1) is 15.3. The molecule has 1 aromatic carbocycles. The third kappa shape index (κ3) is 3.50. The van der Waals surface area contributed by atoms with Gasteiger partial charge in [-0.2, -0.15) is 5.26 Å². The second-order valence-electron chi connectivity index (χ2n) is 4.50. The molecule has 0 unspecified atom stereocenters. The molecule has 108 valence electrons. The Bertz CT molecular complexity index is 648. The Balaban J connectivity index is 2.29. The molecule has 1 aromatic heterocycles. The zero-order valence-corrected chi connectivity index (χ0v) is 13.6. The summed E-state index contributed by atoms with van der Waals surface area (Å²) in [7, 11) is 1.93. The molecule has 1 N–H and O–H groups in total. The molecular formula is C15H16BrN5. The molecule has 2 aromatic rings. The number of halogens is 1. The minimum atomic E-state index is 0.638. The van der Waals surface area contributed by atoms with Crippen LogP contribution < -0.4 is 10.2 Å². The molecule has 0 atom stereocenters. The number of rotatable bonds is 5. The fraction of sp³-hybridized carbons (Fsp3) is 0.267. The average molecular weight is 346 g/mol. The highest BCUT2D eigenvalue weighted by Gasteiger charge is 2.13. The van der Waals surface area contributed by atoms with Crippen molar-refractivity contribution in [2.75, 3.05) is 23.8 Å². The summed E-state index contributed by atoms with van der Waals surface area (Å²) < 4.78 is 0.824. The van der Waals surface area contributed by atoms with Gasteiger partial charge in [-0.1, -0.05) is 6.92 Å². The van der Waals surface area contributed by atoms with Crippen LogP contribution in [0.25, 0.3) is 0 Å². The molecule has 0 saturated carbocycles. The lowest BCUT2D eigenvalue weighted by molar-refractivity contribution is 0.958. The summed E-state index contributed by atoms with van der Waals surface area (Å²) in [5.41, 5.74) is 1.59. The third-order valence-corrected chi connectivity index (χ3v) is 3.75. The maximum Gasteiger partial charge on any atom is 0.152 e. The molecule has 5 nitrogen and oxygen atoms in total. The highest BCUT2D eigenvalue weighted by atomic mass is 79.9. The molecule has 0 aliphatic rings. The van der Waals surface area contributed by atoms with Crippen molar-refractivity contribution in [3.8, 4) is 6.07 Å². The van der Waals surface area contributed by atoms with Gasteiger partial charge in [0, 0.05) is 19.3 Å². The van der Waals surface area contributed by atoms with Crippen molar-refractivity contribution in [3.05, 3.63) is 40.6 Å². The Morgan fingerprint density at radius 1 is 1.29 bits per heavy atom. The number of nitrogens with zero attached hydrogens (tertiary/aromatic N) is 4. The van der Waals surface area contributed by atoms with Gasteiger partial charge in [-0.3, -0.25) is 0 Å². The van der Waals surface area contributed by atoms with Crippen molar-refractivity contribution in [3.63, 3.8) is 0 Å². The number of aromatic nitrogens is 2. The van der Waals surface area contributed by atoms with Crippen molar-refractivity contribution >= 4 is 33.3 Å². The first-order valence-corrected chi connectivity index (χ1v) is 7.45. The van der Waals surface area contributed by atoms with Crippen LogP contribution in [0.3, 0.4) is 0 Å². The molecule has 2 rings (SSSR count). The van der Waals surface area contributed by atoms with Crippen LogP contribution in [0.15, 0.2) is 35.1 Å². The summed E-state index contributed by atoms with van der Waals surface area (Å²) >= 11 is 3.56. The van der Waals surface area contributed by atoms with E-state index >= 15 is 0 Å². The van der Waals surface area contributed by atoms with Gasteiger partial charge in [0.05, 0.1) is 11.6 Å². The second-order valence-corrected chi connectivity index (χ2v) is 5.30. The highest BCUT2D eigenvalue weighted by Crippen LogP contribution is 2.32. The van der Waals surface area contributed by atoms with Crippen LogP contribution >= 0.6 is 15.9 Å². The normalized spacial score (nSPS) is 10.0. The van der Waals surface area contributed by atoms with Crippen LogP contribution in [0.5, 0.6) is 0 Å². The van der Waals surface area contributed by atoms with Crippen molar-refractivity contribution in [2.45, 2.75) is 13.3 Å². The smallest absolute Gasteiger partial charge is 0.152 e. The molecular weight excluding hydrogens is 330 g/mol. The van der Waals surface area contributed by atoms with E-state index in [1.54, 1.807) is 12.1 Å². The molecule has 0 fully saturated rings. The summed E-state index contributed by atoms with van der Waals surface area (Å²) in [6, 6.07) is 9.48. The fourth-order valence-corrected chi connectivity index (χ4v) is 2.45. The summed E-state index contributed by atoms with van der Waals surface area (Å²) in [4.78, 5) is 10.5. The van der Waals surface area contributed by atoms with Crippen molar-refractivity contribution < 1.29 is 0 Å². The van der Waals surface area contributed by atoms with E-state index in [9.17, 15) is 0 Å². The molecule has 0 radical (unpaired) electrons. The predicted molar refractivity (Wildman–Crippen MR) is 87.7 cm³/mol. The largest absolute Gasteiger partial charge is 0.369 e. The van der Waals surface area contributed by atoms with Crippen LogP contribution in [0.1, 0.15) is 18.9 Å². The standard InChI is InChI=1S/C15H16BrN5/c1-3-8-18-14-13(16)15(20-10-19-14)21(2)12-6-4-11(9-17)5-7-12/h4-7,10H,3,8H2,1-2H3,(H,18,19,20). The third-order valence-electron chi connectivity index (χ3n) is 3.01. The lowest BCUT2D eigenvalue weighted by Crippen LogP contribution is -2.14. The zero-order chi connectivity index (χ0) is 15.2. The summed E-state index contributed by atoms with van der Waals surface area (Å²) in [5.74, 6) is 1.55. The van der Waals surface area contributed by atoms with Gasteiger partial charge in [-0.25, -0.2) is 9.97 Å². The molecule has 6 heteroatoms. The summed E-state index contributed by atoms with van der Waals surface area (Å²) in [6.07, 6.45) is 2.56. The number of benzene rings is 1. The lowest BCUT2D eigenvalue weighted by atomic mass is 10.2. The molecule has 1 heterocycles. The van der Waals surface area contributed by atoms with Gasteiger partial charge >= 0.3 is 0 Å². The summed E-state index contributed by atoms with van der Waals surface area (Å²) in [6.45, 7) is 2.96. The highest BCUT2D eigenvalue weighted by molar-refractivity contribution is 9.10. The van der Waals surface area contributed by atoms with Crippen molar-refractivity contribution in [1.82, 2.24) is 9.97 Å². The maximum absolute atomic E-state index is 8.85. The van der Waals surface area contributed by atoms with Crippen LogP contribution in [0.2, 0.25) is 0 Å². The molecule has 0 spiro atoms. The molecule has 0 aliphatic heterocycles. The van der Waals surface area contributed by atoms with Crippen molar-refractivity contribution in [2.24, 2.45) is 0 Å². The first-order chi connectivity index (χ1) is 10.2. The molecule has 0 aliphatic carbocycles. The number of anilines is 3. The zero-order valence-electron chi connectivity index (χ0n) is 12.0. The van der Waals surface area contributed by atoms with Crippen molar-refractivity contribution in [1.29, 1.82) is 5.26 Å². The topological polar surface area (TPSA) is 64.8 Å². The Hall–Kier alpha value is -2.13. The van der Waals surface area contributed by atoms with E-state index in [0.717, 1.165) is 34.8 Å². The number of nitrogens with one attached hydrogen (secondary N) is 1. The van der Waals surface area contributed by atoms with E-state index in [0.29, 0.717) is 5.56 Å². The van der Waals surface area contributed by atoms with Gasteiger partial charge in [0.1, 0.15) is 16.6 Å². The average Bonchev–Trinajstić information content (AvgIpc) is 2.53. The monoisotopic (exact) mass is 345 g/mol. The van der Waals surface area contributed by atoms with Gasteiger partial charge in [-0.05, 0) is 46.6 Å². The second kappa shape index (κ2) is 7.04. The van der Waals surface area contributed by atoms with E-state index < -0.39 is 0 Å². The van der Waals surface area contributed by atoms with Gasteiger partial charge in [0.2, 0.25) is 0 Å². The van der Waals surface area contributed by atoms with E-state index in [1.165, 1.54) is 6.33 Å². The Morgan fingerprint density at radius 2 is 2.00 bits per heavy atom. The quantitative estimate of drug-likeness (QED) is 0.894.